The molecule has 1 aliphatic rings. The smallest absolute Gasteiger partial charge is 0.296 e. The maximum absolute atomic E-state index is 12.1. The predicted molar refractivity (Wildman–Crippen MR) is 91.2 cm³/mol. The van der Waals surface area contributed by atoms with Gasteiger partial charge in [0.25, 0.3) is 11.6 Å². The summed E-state index contributed by atoms with van der Waals surface area (Å²) in [6.07, 6.45) is 8.56. The lowest BCUT2D eigenvalue weighted by Gasteiger charge is -2.18. The monoisotopic (exact) mass is 336 g/mol. The fourth-order valence-corrected chi connectivity index (χ4v) is 3.09. The molecule has 0 unspecified atom stereocenters. The van der Waals surface area contributed by atoms with Crippen molar-refractivity contribution in [2.24, 2.45) is 0 Å². The molecule has 1 amide bonds. The third-order valence-electron chi connectivity index (χ3n) is 4.46. The first-order chi connectivity index (χ1) is 11.6. The molecule has 132 valence electrons. The van der Waals surface area contributed by atoms with E-state index in [1.165, 1.54) is 51.3 Å². The number of ether oxygens (including phenoxy) is 1. The van der Waals surface area contributed by atoms with E-state index in [0.717, 1.165) is 12.8 Å². The Labute approximate surface area is 141 Å². The van der Waals surface area contributed by atoms with Gasteiger partial charge in [0.05, 0.1) is 24.1 Å². The predicted octanol–water partition coefficient (Wildman–Crippen LogP) is 2.22. The van der Waals surface area contributed by atoms with E-state index in [1.54, 1.807) is 6.07 Å². The van der Waals surface area contributed by atoms with Gasteiger partial charge in [-0.15, -0.1) is 0 Å². The van der Waals surface area contributed by atoms with E-state index in [9.17, 15) is 14.9 Å². The van der Waals surface area contributed by atoms with Crippen molar-refractivity contribution in [1.29, 1.82) is 0 Å². The third kappa shape index (κ3) is 5.49. The summed E-state index contributed by atoms with van der Waals surface area (Å²) in [4.78, 5) is 22.8. The number of nitro benzene ring substituents is 1. The quantitative estimate of drug-likeness (QED) is 0.615. The van der Waals surface area contributed by atoms with Gasteiger partial charge in [0.1, 0.15) is 11.4 Å². The lowest BCUT2D eigenvalue weighted by atomic mass is 9.97. The van der Waals surface area contributed by atoms with Crippen LogP contribution in [-0.2, 0) is 4.79 Å². The molecule has 0 aromatic heterocycles. The Kier molecular flexibility index (Phi) is 6.99. The summed E-state index contributed by atoms with van der Waals surface area (Å²) in [6.45, 7) is 0.286. The molecule has 7 heteroatoms. The van der Waals surface area contributed by atoms with E-state index in [0.29, 0.717) is 11.8 Å². The molecule has 0 heterocycles. The second kappa shape index (κ2) is 9.22. The van der Waals surface area contributed by atoms with Gasteiger partial charge in [0.15, 0.2) is 6.54 Å². The summed E-state index contributed by atoms with van der Waals surface area (Å²) < 4.78 is 4.99. The molecule has 0 bridgehead atoms. The molecule has 1 aliphatic carbocycles. The second-order valence-corrected chi connectivity index (χ2v) is 6.23. The number of carbonyl (C=O) groups excluding carboxylic acids is 1. The minimum absolute atomic E-state index is 0.159. The van der Waals surface area contributed by atoms with Crippen LogP contribution in [0.25, 0.3) is 0 Å². The number of nitrogens with two attached hydrogens (primary N) is 1. The van der Waals surface area contributed by atoms with Crippen molar-refractivity contribution in [3.8, 4) is 5.75 Å². The highest BCUT2D eigenvalue weighted by Gasteiger charge is 2.19. The topological polar surface area (TPSA) is 98.1 Å². The van der Waals surface area contributed by atoms with Crippen LogP contribution in [0.4, 0.5) is 11.4 Å². The SMILES string of the molecule is COc1ccc(NC(=O)C[NH2+]C2CCCCCCC2)c([N+](=O)[O-])c1. The molecule has 1 aromatic rings. The zero-order valence-corrected chi connectivity index (χ0v) is 14.1. The van der Waals surface area contributed by atoms with Crippen molar-refractivity contribution < 1.29 is 19.8 Å². The number of nitrogens with zero attached hydrogens (tertiary/aromatic N) is 1. The average molecular weight is 336 g/mol. The molecule has 3 N–H and O–H groups in total. The van der Waals surface area contributed by atoms with Crippen LogP contribution in [-0.4, -0.2) is 30.5 Å². The molecule has 7 nitrogen and oxygen atoms in total. The number of benzene rings is 1. The molecule has 2 rings (SSSR count). The van der Waals surface area contributed by atoms with E-state index in [1.807, 2.05) is 0 Å². The van der Waals surface area contributed by atoms with Gasteiger partial charge in [-0.25, -0.2) is 0 Å². The first-order valence-corrected chi connectivity index (χ1v) is 8.55. The number of anilines is 1. The maximum Gasteiger partial charge on any atom is 0.296 e. The van der Waals surface area contributed by atoms with Crippen LogP contribution in [0, 0.1) is 10.1 Å². The average Bonchev–Trinajstić information content (AvgIpc) is 2.54. The van der Waals surface area contributed by atoms with E-state index < -0.39 is 4.92 Å². The van der Waals surface area contributed by atoms with Crippen LogP contribution in [0.5, 0.6) is 5.75 Å². The van der Waals surface area contributed by atoms with E-state index in [2.05, 4.69) is 10.6 Å². The second-order valence-electron chi connectivity index (χ2n) is 6.23. The van der Waals surface area contributed by atoms with Gasteiger partial charge in [-0.3, -0.25) is 14.9 Å². The number of hydrogen-bond acceptors (Lipinski definition) is 4. The van der Waals surface area contributed by atoms with Gasteiger partial charge < -0.3 is 15.4 Å². The van der Waals surface area contributed by atoms with Crippen LogP contribution in [0.15, 0.2) is 18.2 Å². The minimum Gasteiger partial charge on any atom is -0.496 e. The van der Waals surface area contributed by atoms with E-state index in [-0.39, 0.29) is 23.8 Å². The molecule has 1 fully saturated rings. The normalized spacial score (nSPS) is 16.0. The number of amides is 1. The summed E-state index contributed by atoms with van der Waals surface area (Å²) in [5, 5.41) is 15.8. The van der Waals surface area contributed by atoms with Crippen molar-refractivity contribution in [1.82, 2.24) is 0 Å². The van der Waals surface area contributed by atoms with E-state index in [4.69, 9.17) is 4.74 Å². The van der Waals surface area contributed by atoms with Crippen LogP contribution in [0.2, 0.25) is 0 Å². The molecule has 0 saturated heterocycles. The summed E-state index contributed by atoms with van der Waals surface area (Å²) >= 11 is 0. The number of carbonyl (C=O) groups is 1. The van der Waals surface area contributed by atoms with Gasteiger partial charge in [-0.1, -0.05) is 19.3 Å². The molecule has 1 saturated carbocycles. The Balaban J connectivity index is 1.90. The standard InChI is InChI=1S/C17H25N3O4/c1-24-14-9-10-15(16(11-14)20(22)23)19-17(21)12-18-13-7-5-3-2-4-6-8-13/h9-11,13,18H,2-8,12H2,1H3,(H,19,21)/p+1. The lowest BCUT2D eigenvalue weighted by Crippen LogP contribution is -2.91. The summed E-state index contributed by atoms with van der Waals surface area (Å²) in [5.41, 5.74) is 0.0468. The molecule has 1 aromatic carbocycles. The number of quaternary nitrogens is 1. The van der Waals surface area contributed by atoms with Gasteiger partial charge in [-0.2, -0.15) is 0 Å². The van der Waals surface area contributed by atoms with Gasteiger partial charge in [0.2, 0.25) is 0 Å². The van der Waals surface area contributed by atoms with Crippen LogP contribution >= 0.6 is 0 Å². The molecule has 0 atom stereocenters. The Morgan fingerprint density at radius 1 is 1.29 bits per heavy atom. The van der Waals surface area contributed by atoms with Crippen LogP contribution in [0.1, 0.15) is 44.9 Å². The first-order valence-electron chi connectivity index (χ1n) is 8.55. The van der Waals surface area contributed by atoms with Gasteiger partial charge >= 0.3 is 0 Å². The highest BCUT2D eigenvalue weighted by molar-refractivity contribution is 5.93. The number of hydrogen-bond donors (Lipinski definition) is 2. The number of nitrogens with one attached hydrogen (secondary N) is 1. The minimum atomic E-state index is -0.517. The van der Waals surface area contributed by atoms with Crippen molar-refractivity contribution >= 4 is 17.3 Å². The number of rotatable bonds is 6. The van der Waals surface area contributed by atoms with Gasteiger partial charge in [0, 0.05) is 0 Å². The van der Waals surface area contributed by atoms with Crippen LogP contribution in [0.3, 0.4) is 0 Å². The van der Waals surface area contributed by atoms with Crippen LogP contribution < -0.4 is 15.4 Å². The Morgan fingerprint density at radius 3 is 2.58 bits per heavy atom. The highest BCUT2D eigenvalue weighted by atomic mass is 16.6. The highest BCUT2D eigenvalue weighted by Crippen LogP contribution is 2.28. The lowest BCUT2D eigenvalue weighted by molar-refractivity contribution is -0.680. The summed E-state index contributed by atoms with van der Waals surface area (Å²) in [5.74, 6) is 0.172. The third-order valence-corrected chi connectivity index (χ3v) is 4.46. The van der Waals surface area contributed by atoms with Crippen molar-refractivity contribution in [2.75, 3.05) is 19.0 Å². The van der Waals surface area contributed by atoms with Gasteiger partial charge in [-0.05, 0) is 37.8 Å². The zero-order chi connectivity index (χ0) is 17.4. The molecular weight excluding hydrogens is 310 g/mol. The summed E-state index contributed by atoms with van der Waals surface area (Å²) in [6, 6.07) is 4.89. The molecule has 24 heavy (non-hydrogen) atoms. The fraction of sp³-hybridized carbons (Fsp3) is 0.588. The Bertz CT molecular complexity index is 569. The van der Waals surface area contributed by atoms with Crippen molar-refractivity contribution in [3.63, 3.8) is 0 Å². The van der Waals surface area contributed by atoms with E-state index >= 15 is 0 Å². The molecule has 0 radical (unpaired) electrons. The largest absolute Gasteiger partial charge is 0.496 e. The molecular formula is C17H26N3O4+. The molecule has 0 spiro atoms. The zero-order valence-electron chi connectivity index (χ0n) is 14.1. The summed E-state index contributed by atoms with van der Waals surface area (Å²) in [7, 11) is 1.45. The Morgan fingerprint density at radius 2 is 1.96 bits per heavy atom. The Hall–Kier alpha value is -2.15. The fourth-order valence-electron chi connectivity index (χ4n) is 3.09. The first kappa shape index (κ1) is 18.2. The van der Waals surface area contributed by atoms with Crippen molar-refractivity contribution in [3.05, 3.63) is 28.3 Å². The molecule has 0 aliphatic heterocycles. The maximum atomic E-state index is 12.1. The number of nitro groups is 1. The van der Waals surface area contributed by atoms with Crippen molar-refractivity contribution in [2.45, 2.75) is 51.0 Å². The number of methoxy groups -OCH3 is 1.